The van der Waals surface area contributed by atoms with E-state index in [-0.39, 0.29) is 12.5 Å². The zero-order valence-electron chi connectivity index (χ0n) is 7.58. The Morgan fingerprint density at radius 1 is 1.67 bits per heavy atom. The van der Waals surface area contributed by atoms with Crippen molar-refractivity contribution in [2.45, 2.75) is 25.4 Å². The molecule has 0 bridgehead atoms. The van der Waals surface area contributed by atoms with Gasteiger partial charge in [0.1, 0.15) is 0 Å². The average molecular weight is 172 g/mol. The Bertz CT molecular complexity index is 162. The lowest BCUT2D eigenvalue weighted by atomic mass is 10.1. The fourth-order valence-electron chi connectivity index (χ4n) is 1.76. The number of hydrogen-bond donors (Lipinski definition) is 2. The molecule has 1 heterocycles. The van der Waals surface area contributed by atoms with Crippen LogP contribution in [0.5, 0.6) is 0 Å². The Labute approximate surface area is 72.6 Å². The monoisotopic (exact) mass is 172 g/mol. The number of likely N-dealkylation sites (N-methyl/N-ethyl adjacent to an activating group) is 1. The van der Waals surface area contributed by atoms with Crippen molar-refractivity contribution in [2.24, 2.45) is 0 Å². The van der Waals surface area contributed by atoms with Crippen LogP contribution in [0.15, 0.2) is 0 Å². The van der Waals surface area contributed by atoms with Crippen LogP contribution in [0.1, 0.15) is 13.3 Å². The number of hydrogen-bond acceptors (Lipinski definition) is 3. The SMILES string of the molecule is C[C@@H]1CN(C)C[C@@H](CC(=O)O)N1. The van der Waals surface area contributed by atoms with Gasteiger partial charge in [-0.05, 0) is 14.0 Å². The molecule has 0 spiro atoms. The molecule has 4 nitrogen and oxygen atoms in total. The van der Waals surface area contributed by atoms with Gasteiger partial charge in [0.25, 0.3) is 0 Å². The normalized spacial score (nSPS) is 31.8. The minimum atomic E-state index is -0.727. The summed E-state index contributed by atoms with van der Waals surface area (Å²) < 4.78 is 0. The fraction of sp³-hybridized carbons (Fsp3) is 0.875. The first-order valence-corrected chi connectivity index (χ1v) is 4.24. The Balaban J connectivity index is 2.38. The van der Waals surface area contributed by atoms with Gasteiger partial charge < -0.3 is 15.3 Å². The molecular weight excluding hydrogens is 156 g/mol. The minimum absolute atomic E-state index is 0.108. The number of carboxylic acid groups (broad SMARTS) is 1. The molecule has 1 fully saturated rings. The Morgan fingerprint density at radius 2 is 2.33 bits per heavy atom. The number of carboxylic acids is 1. The second-order valence-corrected chi connectivity index (χ2v) is 3.58. The smallest absolute Gasteiger partial charge is 0.304 e. The van der Waals surface area contributed by atoms with Gasteiger partial charge >= 0.3 is 5.97 Å². The molecule has 0 aromatic carbocycles. The minimum Gasteiger partial charge on any atom is -0.481 e. The van der Waals surface area contributed by atoms with Crippen molar-refractivity contribution in [1.29, 1.82) is 0 Å². The van der Waals surface area contributed by atoms with Crippen LogP contribution in [0, 0.1) is 0 Å². The number of piperazine rings is 1. The number of nitrogens with one attached hydrogen (secondary N) is 1. The summed E-state index contributed by atoms with van der Waals surface area (Å²) in [6, 6.07) is 0.504. The molecule has 2 N–H and O–H groups in total. The fourth-order valence-corrected chi connectivity index (χ4v) is 1.76. The summed E-state index contributed by atoms with van der Waals surface area (Å²) in [4.78, 5) is 12.6. The quantitative estimate of drug-likeness (QED) is 0.603. The van der Waals surface area contributed by atoms with Gasteiger partial charge in [0.15, 0.2) is 0 Å². The van der Waals surface area contributed by atoms with E-state index in [1.807, 2.05) is 7.05 Å². The summed E-state index contributed by atoms with van der Waals surface area (Å²) in [5.41, 5.74) is 0. The molecule has 12 heavy (non-hydrogen) atoms. The number of carbonyl (C=O) groups is 1. The van der Waals surface area contributed by atoms with Crippen LogP contribution >= 0.6 is 0 Å². The molecule has 1 saturated heterocycles. The van der Waals surface area contributed by atoms with Crippen LogP contribution in [-0.2, 0) is 4.79 Å². The number of rotatable bonds is 2. The highest BCUT2D eigenvalue weighted by Gasteiger charge is 2.22. The van der Waals surface area contributed by atoms with Gasteiger partial charge in [0, 0.05) is 25.2 Å². The molecule has 0 aromatic rings. The molecule has 0 amide bonds. The van der Waals surface area contributed by atoms with Crippen molar-refractivity contribution in [3.8, 4) is 0 Å². The van der Waals surface area contributed by atoms with Gasteiger partial charge in [0.05, 0.1) is 6.42 Å². The molecule has 1 rings (SSSR count). The van der Waals surface area contributed by atoms with Crippen molar-refractivity contribution < 1.29 is 9.90 Å². The highest BCUT2D eigenvalue weighted by molar-refractivity contribution is 5.67. The Morgan fingerprint density at radius 3 is 2.83 bits per heavy atom. The summed E-state index contributed by atoms with van der Waals surface area (Å²) in [5, 5.41) is 11.8. The predicted octanol–water partition coefficient (Wildman–Crippen LogP) is -0.247. The first kappa shape index (κ1) is 9.48. The van der Waals surface area contributed by atoms with Crippen LogP contribution < -0.4 is 5.32 Å². The zero-order chi connectivity index (χ0) is 9.14. The Kier molecular flexibility index (Phi) is 3.05. The molecule has 2 atom stereocenters. The Hall–Kier alpha value is -0.610. The standard InChI is InChI=1S/C8H16N2O2/c1-6-4-10(2)5-7(9-6)3-8(11)12/h6-7,9H,3-5H2,1-2H3,(H,11,12)/t6-,7-/m1/s1. The van der Waals surface area contributed by atoms with Gasteiger partial charge in [0.2, 0.25) is 0 Å². The van der Waals surface area contributed by atoms with Crippen LogP contribution in [0.3, 0.4) is 0 Å². The summed E-state index contributed by atoms with van der Waals surface area (Å²) >= 11 is 0. The van der Waals surface area contributed by atoms with Crippen molar-refractivity contribution >= 4 is 5.97 Å². The van der Waals surface area contributed by atoms with E-state index in [1.54, 1.807) is 0 Å². The third-order valence-corrected chi connectivity index (χ3v) is 2.06. The topological polar surface area (TPSA) is 52.6 Å². The summed E-state index contributed by atoms with van der Waals surface area (Å²) in [7, 11) is 2.02. The average Bonchev–Trinajstić information content (AvgIpc) is 1.81. The second-order valence-electron chi connectivity index (χ2n) is 3.58. The van der Waals surface area contributed by atoms with Gasteiger partial charge in [-0.25, -0.2) is 0 Å². The second kappa shape index (κ2) is 3.87. The van der Waals surface area contributed by atoms with Crippen molar-refractivity contribution in [1.82, 2.24) is 10.2 Å². The molecule has 0 aromatic heterocycles. The van der Waals surface area contributed by atoms with E-state index in [1.165, 1.54) is 0 Å². The van der Waals surface area contributed by atoms with E-state index in [0.717, 1.165) is 13.1 Å². The maximum Gasteiger partial charge on any atom is 0.304 e. The molecule has 1 aliphatic heterocycles. The number of nitrogens with zero attached hydrogens (tertiary/aromatic N) is 1. The highest BCUT2D eigenvalue weighted by atomic mass is 16.4. The van der Waals surface area contributed by atoms with E-state index in [9.17, 15) is 4.79 Å². The molecule has 0 unspecified atom stereocenters. The van der Waals surface area contributed by atoms with Gasteiger partial charge in [-0.3, -0.25) is 4.79 Å². The summed E-state index contributed by atoms with van der Waals surface area (Å²) in [6.45, 7) is 3.90. The summed E-state index contributed by atoms with van der Waals surface area (Å²) in [6.07, 6.45) is 0.217. The first-order chi connectivity index (χ1) is 5.58. The van der Waals surface area contributed by atoms with Crippen molar-refractivity contribution in [2.75, 3.05) is 20.1 Å². The van der Waals surface area contributed by atoms with E-state index in [0.29, 0.717) is 6.04 Å². The predicted molar refractivity (Wildman–Crippen MR) is 46.1 cm³/mol. The van der Waals surface area contributed by atoms with Gasteiger partial charge in [-0.15, -0.1) is 0 Å². The highest BCUT2D eigenvalue weighted by Crippen LogP contribution is 2.04. The first-order valence-electron chi connectivity index (χ1n) is 4.24. The molecular formula is C8H16N2O2. The van der Waals surface area contributed by atoms with Crippen molar-refractivity contribution in [3.05, 3.63) is 0 Å². The van der Waals surface area contributed by atoms with Gasteiger partial charge in [-0.1, -0.05) is 0 Å². The third kappa shape index (κ3) is 2.79. The molecule has 0 aliphatic carbocycles. The van der Waals surface area contributed by atoms with Crippen LogP contribution in [-0.4, -0.2) is 48.2 Å². The van der Waals surface area contributed by atoms with Gasteiger partial charge in [-0.2, -0.15) is 0 Å². The maximum absolute atomic E-state index is 10.4. The van der Waals surface area contributed by atoms with E-state index >= 15 is 0 Å². The van der Waals surface area contributed by atoms with E-state index in [4.69, 9.17) is 5.11 Å². The lowest BCUT2D eigenvalue weighted by Gasteiger charge is -2.34. The number of aliphatic carboxylic acids is 1. The largest absolute Gasteiger partial charge is 0.481 e. The van der Waals surface area contributed by atoms with E-state index < -0.39 is 5.97 Å². The molecule has 1 aliphatic rings. The van der Waals surface area contributed by atoms with Crippen LogP contribution in [0.4, 0.5) is 0 Å². The third-order valence-electron chi connectivity index (χ3n) is 2.06. The lowest BCUT2D eigenvalue weighted by Crippen LogP contribution is -2.54. The van der Waals surface area contributed by atoms with Crippen LogP contribution in [0.25, 0.3) is 0 Å². The molecule has 0 saturated carbocycles. The van der Waals surface area contributed by atoms with Crippen molar-refractivity contribution in [3.63, 3.8) is 0 Å². The maximum atomic E-state index is 10.4. The van der Waals surface area contributed by atoms with Crippen LogP contribution in [0.2, 0.25) is 0 Å². The lowest BCUT2D eigenvalue weighted by molar-refractivity contribution is -0.137. The molecule has 0 radical (unpaired) electrons. The molecule has 4 heteroatoms. The summed E-state index contributed by atoms with van der Waals surface area (Å²) in [5.74, 6) is -0.727. The van der Waals surface area contributed by atoms with E-state index in [2.05, 4.69) is 17.1 Å². The zero-order valence-corrected chi connectivity index (χ0v) is 7.58. The molecule has 70 valence electrons.